The SMILES string of the molecule is COC(=O)c1c(C)c(-c2ccc(OC)c(-c3ccc(N4CCC4)nc3CN3C(=O)O[C@H](c4cc(C(F)(F)F)cc(C(F)(F)F)c4)[C@@H]3C)c2)nn1C. The fourth-order valence-corrected chi connectivity index (χ4v) is 6.39. The Morgan fingerprint density at radius 3 is 2.20 bits per heavy atom. The smallest absolute Gasteiger partial charge is 0.416 e. The molecular formula is C35H33F6N5O5. The summed E-state index contributed by atoms with van der Waals surface area (Å²) >= 11 is 0. The van der Waals surface area contributed by atoms with Crippen molar-refractivity contribution in [3.63, 3.8) is 0 Å². The molecule has 2 fully saturated rings. The van der Waals surface area contributed by atoms with Gasteiger partial charge in [-0.1, -0.05) is 0 Å². The molecule has 0 saturated carbocycles. The van der Waals surface area contributed by atoms with E-state index in [0.29, 0.717) is 57.3 Å². The lowest BCUT2D eigenvalue weighted by Crippen LogP contribution is -2.38. The molecule has 2 aromatic heterocycles. The van der Waals surface area contributed by atoms with E-state index in [-0.39, 0.29) is 18.3 Å². The maximum atomic E-state index is 13.7. The highest BCUT2D eigenvalue weighted by atomic mass is 19.4. The third kappa shape index (κ3) is 6.66. The summed E-state index contributed by atoms with van der Waals surface area (Å²) in [5.41, 5.74) is 0.0202. The predicted octanol–water partition coefficient (Wildman–Crippen LogP) is 7.58. The van der Waals surface area contributed by atoms with E-state index in [1.807, 2.05) is 17.0 Å². The van der Waals surface area contributed by atoms with Gasteiger partial charge in [-0.25, -0.2) is 14.6 Å². The van der Waals surface area contributed by atoms with Gasteiger partial charge in [-0.3, -0.25) is 9.58 Å². The highest BCUT2D eigenvalue weighted by Crippen LogP contribution is 2.43. The number of anilines is 1. The molecule has 0 N–H and O–H groups in total. The zero-order chi connectivity index (χ0) is 37.0. The fourth-order valence-electron chi connectivity index (χ4n) is 6.39. The Balaban J connectivity index is 1.41. The molecule has 1 amide bonds. The van der Waals surface area contributed by atoms with E-state index in [1.165, 1.54) is 30.7 Å². The minimum Gasteiger partial charge on any atom is -0.496 e. The van der Waals surface area contributed by atoms with Gasteiger partial charge < -0.3 is 19.1 Å². The number of pyridine rings is 1. The predicted molar refractivity (Wildman–Crippen MR) is 172 cm³/mol. The molecule has 10 nitrogen and oxygen atoms in total. The minimum absolute atomic E-state index is 0.0321. The molecule has 0 aliphatic carbocycles. The monoisotopic (exact) mass is 717 g/mol. The molecule has 0 spiro atoms. The van der Waals surface area contributed by atoms with E-state index in [4.69, 9.17) is 19.2 Å². The molecule has 2 aliphatic heterocycles. The number of amides is 1. The van der Waals surface area contributed by atoms with Crippen LogP contribution < -0.4 is 9.64 Å². The molecule has 16 heteroatoms. The molecule has 2 aromatic carbocycles. The number of carbonyl (C=O) groups is 2. The molecule has 4 heterocycles. The number of nitrogens with zero attached hydrogens (tertiary/aromatic N) is 5. The van der Waals surface area contributed by atoms with Crippen molar-refractivity contribution >= 4 is 17.9 Å². The summed E-state index contributed by atoms with van der Waals surface area (Å²) in [6, 6.07) is 9.12. The number of halogens is 6. The van der Waals surface area contributed by atoms with Gasteiger partial charge >= 0.3 is 24.4 Å². The van der Waals surface area contributed by atoms with Crippen molar-refractivity contribution in [2.24, 2.45) is 7.05 Å². The van der Waals surface area contributed by atoms with Crippen molar-refractivity contribution in [2.75, 3.05) is 32.2 Å². The van der Waals surface area contributed by atoms with Crippen LogP contribution in [0.4, 0.5) is 37.0 Å². The van der Waals surface area contributed by atoms with Crippen LogP contribution in [0.25, 0.3) is 22.4 Å². The third-order valence-corrected chi connectivity index (χ3v) is 9.22. The first kappa shape index (κ1) is 35.5. The number of aromatic nitrogens is 3. The fraction of sp³-hybridized carbons (Fsp3) is 0.371. The Bertz CT molecular complexity index is 1970. The number of benzene rings is 2. The summed E-state index contributed by atoms with van der Waals surface area (Å²) in [5, 5.41) is 4.54. The number of carbonyl (C=O) groups excluding carboxylic acids is 2. The van der Waals surface area contributed by atoms with Crippen LogP contribution in [0.2, 0.25) is 0 Å². The molecule has 2 atom stereocenters. The summed E-state index contributed by atoms with van der Waals surface area (Å²) < 4.78 is 99.5. The summed E-state index contributed by atoms with van der Waals surface area (Å²) in [4.78, 5) is 33.9. The number of hydrogen-bond acceptors (Lipinski definition) is 8. The number of ether oxygens (including phenoxy) is 3. The largest absolute Gasteiger partial charge is 0.496 e. The topological polar surface area (TPSA) is 99.0 Å². The number of hydrogen-bond donors (Lipinski definition) is 0. The summed E-state index contributed by atoms with van der Waals surface area (Å²) in [7, 11) is 4.38. The normalized spacial score (nSPS) is 17.7. The summed E-state index contributed by atoms with van der Waals surface area (Å²) in [6.07, 6.45) is -11.5. The Kier molecular flexibility index (Phi) is 9.14. The van der Waals surface area contributed by atoms with Crippen LogP contribution in [0.1, 0.15) is 57.9 Å². The Morgan fingerprint density at radius 1 is 0.961 bits per heavy atom. The molecule has 0 unspecified atom stereocenters. The van der Waals surface area contributed by atoms with Crippen molar-refractivity contribution in [1.82, 2.24) is 19.7 Å². The second kappa shape index (κ2) is 13.1. The quantitative estimate of drug-likeness (QED) is 0.136. The number of rotatable bonds is 8. The Morgan fingerprint density at radius 2 is 1.63 bits per heavy atom. The Hall–Kier alpha value is -5.28. The average molecular weight is 718 g/mol. The lowest BCUT2D eigenvalue weighted by Gasteiger charge is -2.33. The van der Waals surface area contributed by atoms with E-state index < -0.39 is 53.3 Å². The molecule has 270 valence electrons. The first-order valence-corrected chi connectivity index (χ1v) is 15.8. The molecule has 4 aromatic rings. The van der Waals surface area contributed by atoms with Crippen molar-refractivity contribution in [1.29, 1.82) is 0 Å². The van der Waals surface area contributed by atoms with Crippen LogP contribution in [0.5, 0.6) is 5.75 Å². The highest BCUT2D eigenvalue weighted by Gasteiger charge is 2.44. The second-order valence-corrected chi connectivity index (χ2v) is 12.4. The van der Waals surface area contributed by atoms with E-state index in [9.17, 15) is 35.9 Å². The molecule has 2 aliphatic rings. The first-order valence-electron chi connectivity index (χ1n) is 15.8. The second-order valence-electron chi connectivity index (χ2n) is 12.4. The number of cyclic esters (lactones) is 1. The zero-order valence-corrected chi connectivity index (χ0v) is 28.1. The van der Waals surface area contributed by atoms with Gasteiger partial charge in [-0.2, -0.15) is 31.4 Å². The maximum absolute atomic E-state index is 13.7. The Labute approximate surface area is 288 Å². The van der Waals surface area contributed by atoms with Crippen molar-refractivity contribution in [3.05, 3.63) is 82.2 Å². The average Bonchev–Trinajstić information content (AvgIpc) is 3.51. The van der Waals surface area contributed by atoms with Gasteiger partial charge in [-0.05, 0) is 74.4 Å². The number of esters is 1. The van der Waals surface area contributed by atoms with Gasteiger partial charge in [-0.15, -0.1) is 0 Å². The summed E-state index contributed by atoms with van der Waals surface area (Å²) in [6.45, 7) is 4.56. The molecule has 51 heavy (non-hydrogen) atoms. The zero-order valence-electron chi connectivity index (χ0n) is 28.1. The van der Waals surface area contributed by atoms with Gasteiger partial charge in [0.15, 0.2) is 0 Å². The van der Waals surface area contributed by atoms with E-state index >= 15 is 0 Å². The number of methoxy groups -OCH3 is 2. The lowest BCUT2D eigenvalue weighted by atomic mass is 9.96. The van der Waals surface area contributed by atoms with Gasteiger partial charge in [0.25, 0.3) is 0 Å². The maximum Gasteiger partial charge on any atom is 0.416 e. The summed E-state index contributed by atoms with van der Waals surface area (Å²) in [5.74, 6) is 0.516. The van der Waals surface area contributed by atoms with E-state index in [2.05, 4.69) is 5.10 Å². The lowest BCUT2D eigenvalue weighted by molar-refractivity contribution is -0.143. The van der Waals surface area contributed by atoms with E-state index in [1.54, 1.807) is 32.2 Å². The minimum atomic E-state index is -5.07. The van der Waals surface area contributed by atoms with Crippen LogP contribution in [-0.2, 0) is 35.4 Å². The molecule has 0 radical (unpaired) electrons. The van der Waals surface area contributed by atoms with Crippen LogP contribution >= 0.6 is 0 Å². The van der Waals surface area contributed by atoms with Crippen LogP contribution in [-0.4, -0.2) is 65.1 Å². The molecule has 6 rings (SSSR count). The molecule has 2 saturated heterocycles. The standard InChI is InChI=1S/C35H33F6N5O5/c1-18-29(43-44(3)30(18)32(47)50-5)20-7-9-27(49-4)25(15-20)24-8-10-28(45-11-6-12-45)42-26(24)17-46-19(2)31(51-33(46)48)21-13-22(34(36,37)38)16-23(14-21)35(39,40)41/h7-10,13-16,19,31H,6,11-12,17H2,1-5H3/t19-,31-/m0/s1. The molecular weight excluding hydrogens is 684 g/mol. The van der Waals surface area contributed by atoms with Gasteiger partial charge in [0.2, 0.25) is 0 Å². The number of aryl methyl sites for hydroxylation is 1. The number of alkyl halides is 6. The van der Waals surface area contributed by atoms with Gasteiger partial charge in [0.05, 0.1) is 49.3 Å². The third-order valence-electron chi connectivity index (χ3n) is 9.22. The van der Waals surface area contributed by atoms with Gasteiger partial charge in [0.1, 0.15) is 23.4 Å². The van der Waals surface area contributed by atoms with Gasteiger partial charge in [0, 0.05) is 42.4 Å². The van der Waals surface area contributed by atoms with Crippen LogP contribution in [0, 0.1) is 6.92 Å². The first-order chi connectivity index (χ1) is 24.0. The highest BCUT2D eigenvalue weighted by molar-refractivity contribution is 5.92. The van der Waals surface area contributed by atoms with Crippen LogP contribution in [0.15, 0.2) is 48.5 Å². The van der Waals surface area contributed by atoms with E-state index in [0.717, 1.165) is 19.5 Å². The van der Waals surface area contributed by atoms with Crippen molar-refractivity contribution in [2.45, 2.75) is 51.3 Å². The van der Waals surface area contributed by atoms with Crippen LogP contribution in [0.3, 0.4) is 0 Å². The molecule has 0 bridgehead atoms. The van der Waals surface area contributed by atoms with Crippen molar-refractivity contribution < 1.29 is 50.1 Å². The van der Waals surface area contributed by atoms with Crippen molar-refractivity contribution in [3.8, 4) is 28.1 Å².